The summed E-state index contributed by atoms with van der Waals surface area (Å²) in [6.07, 6.45) is 1.15. The highest BCUT2D eigenvalue weighted by Gasteiger charge is 2.62. The summed E-state index contributed by atoms with van der Waals surface area (Å²) in [6, 6.07) is 9.37. The molecule has 4 heterocycles. The third kappa shape index (κ3) is 3.12. The number of aliphatic hydroxyl groups is 2. The number of hydrogen-bond donors (Lipinski definition) is 3. The summed E-state index contributed by atoms with van der Waals surface area (Å²) < 4.78 is 15.0. The molecule has 2 aliphatic rings. The zero-order valence-electron chi connectivity index (χ0n) is 17.7. The quantitative estimate of drug-likeness (QED) is 0.382. The number of aromatic nitrogens is 4. The Hall–Kier alpha value is -2.79. The molecule has 0 spiro atoms. The molecule has 0 bridgehead atoms. The molecule has 10 heteroatoms. The van der Waals surface area contributed by atoms with Crippen LogP contribution in [0.2, 0.25) is 0 Å². The fourth-order valence-corrected chi connectivity index (χ4v) is 5.34. The van der Waals surface area contributed by atoms with Crippen molar-refractivity contribution in [1.29, 1.82) is 0 Å². The molecule has 3 aromatic heterocycles. The molecule has 2 fully saturated rings. The lowest BCUT2D eigenvalue weighted by Gasteiger charge is -2.26. The largest absolute Gasteiger partial charge is 0.488 e. The maximum absolute atomic E-state index is 11.3. The van der Waals surface area contributed by atoms with E-state index in [4.69, 9.17) is 15.2 Å². The molecule has 0 amide bonds. The monoisotopic (exact) mass is 511 g/mol. The second kappa shape index (κ2) is 7.36. The van der Waals surface area contributed by atoms with Gasteiger partial charge in [-0.2, -0.15) is 0 Å². The van der Waals surface area contributed by atoms with Gasteiger partial charge in [0.15, 0.2) is 6.23 Å². The first-order valence-electron chi connectivity index (χ1n) is 10.7. The van der Waals surface area contributed by atoms with Crippen LogP contribution in [0, 0.1) is 6.92 Å². The lowest BCUT2D eigenvalue weighted by molar-refractivity contribution is -0.0791. The Morgan fingerprint density at radius 2 is 2.12 bits per heavy atom. The number of nitrogens with two attached hydrogens (primary N) is 1. The molecule has 170 valence electrons. The lowest BCUT2D eigenvalue weighted by Crippen LogP contribution is -2.47. The molecule has 1 unspecified atom stereocenters. The van der Waals surface area contributed by atoms with Gasteiger partial charge in [-0.05, 0) is 60.0 Å². The molecule has 33 heavy (non-hydrogen) atoms. The first-order chi connectivity index (χ1) is 15.8. The Kier molecular flexibility index (Phi) is 4.64. The first-order valence-corrected chi connectivity index (χ1v) is 11.5. The van der Waals surface area contributed by atoms with Crippen LogP contribution >= 0.6 is 15.9 Å². The van der Waals surface area contributed by atoms with Crippen LogP contribution in [0.15, 0.2) is 47.3 Å². The van der Waals surface area contributed by atoms with Crippen molar-refractivity contribution in [2.75, 3.05) is 5.73 Å². The van der Waals surface area contributed by atoms with E-state index in [1.54, 1.807) is 10.8 Å². The fraction of sp³-hybridized carbons (Fsp3) is 0.348. The minimum atomic E-state index is -1.42. The predicted molar refractivity (Wildman–Crippen MR) is 125 cm³/mol. The number of aliphatic hydroxyl groups excluding tert-OH is 1. The molecule has 4 aromatic rings. The van der Waals surface area contributed by atoms with E-state index >= 15 is 0 Å². The molecule has 5 atom stereocenters. The predicted octanol–water partition coefficient (Wildman–Crippen LogP) is 2.86. The molecule has 1 saturated carbocycles. The lowest BCUT2D eigenvalue weighted by atomic mass is 9.94. The summed E-state index contributed by atoms with van der Waals surface area (Å²) in [4.78, 5) is 13.0. The van der Waals surface area contributed by atoms with Gasteiger partial charge >= 0.3 is 0 Å². The smallest absolute Gasteiger partial charge is 0.164 e. The van der Waals surface area contributed by atoms with E-state index in [1.165, 1.54) is 6.33 Å². The molecule has 1 saturated heterocycles. The number of rotatable bonds is 3. The van der Waals surface area contributed by atoms with Crippen LogP contribution in [0.5, 0.6) is 5.75 Å². The second-order valence-electron chi connectivity index (χ2n) is 8.71. The molecule has 1 aromatic carbocycles. The Morgan fingerprint density at radius 1 is 1.27 bits per heavy atom. The van der Waals surface area contributed by atoms with E-state index < -0.39 is 30.1 Å². The van der Waals surface area contributed by atoms with Crippen molar-refractivity contribution in [2.24, 2.45) is 0 Å². The number of aryl methyl sites for hydroxylation is 1. The van der Waals surface area contributed by atoms with E-state index in [0.29, 0.717) is 35.6 Å². The average Bonchev–Trinajstić information content (AvgIpc) is 3.42. The molecule has 9 nitrogen and oxygen atoms in total. The minimum Gasteiger partial charge on any atom is -0.488 e. The maximum atomic E-state index is 11.3. The summed E-state index contributed by atoms with van der Waals surface area (Å²) in [5.74, 6) is 1.00. The van der Waals surface area contributed by atoms with Crippen molar-refractivity contribution >= 4 is 43.7 Å². The van der Waals surface area contributed by atoms with Gasteiger partial charge in [-0.15, -0.1) is 0 Å². The Morgan fingerprint density at radius 3 is 2.97 bits per heavy atom. The Balaban J connectivity index is 1.29. The summed E-state index contributed by atoms with van der Waals surface area (Å²) in [7, 11) is 0. The number of anilines is 1. The van der Waals surface area contributed by atoms with Crippen LogP contribution in [0.3, 0.4) is 0 Å². The van der Waals surface area contributed by atoms with Crippen molar-refractivity contribution in [3.8, 4) is 5.75 Å². The molecular formula is C23H22BrN5O4. The summed E-state index contributed by atoms with van der Waals surface area (Å²) in [6.45, 7) is 1.90. The average molecular weight is 512 g/mol. The van der Waals surface area contributed by atoms with Gasteiger partial charge in [0.2, 0.25) is 0 Å². The van der Waals surface area contributed by atoms with Crippen LogP contribution in [0.4, 0.5) is 5.82 Å². The van der Waals surface area contributed by atoms with Crippen molar-refractivity contribution < 1.29 is 19.7 Å². The van der Waals surface area contributed by atoms with Gasteiger partial charge in [-0.25, -0.2) is 15.0 Å². The van der Waals surface area contributed by atoms with E-state index in [-0.39, 0.29) is 0 Å². The van der Waals surface area contributed by atoms with Gasteiger partial charge in [0, 0.05) is 23.0 Å². The number of hydrogen-bond acceptors (Lipinski definition) is 8. The highest BCUT2D eigenvalue weighted by Crippen LogP contribution is 2.48. The van der Waals surface area contributed by atoms with E-state index in [1.807, 2.05) is 37.3 Å². The van der Waals surface area contributed by atoms with Gasteiger partial charge in [-0.3, -0.25) is 0 Å². The SMILES string of the molecule is Cc1ncnc2c1ccn2[C@@H]1O[C@@H]2[C@H](Oc3ccc4cc(Br)c(N)nc4c3)CC[C@]2(O)C1O. The summed E-state index contributed by atoms with van der Waals surface area (Å²) in [5.41, 5.74) is 6.70. The van der Waals surface area contributed by atoms with Crippen molar-refractivity contribution in [1.82, 2.24) is 19.5 Å². The van der Waals surface area contributed by atoms with E-state index in [2.05, 4.69) is 30.9 Å². The standard InChI is InChI=1S/C23H22BrN5O4/c1-11-14-5-7-29(21(14)27-10-26-11)22-18(30)23(31)6-4-17(19(23)33-22)32-13-3-2-12-8-15(24)20(25)28-16(12)9-13/h2-3,5,7-10,17-19,22,30-31H,4,6H2,1H3,(H2,25,28)/t17-,18?,19-,22-,23+/m1/s1. The maximum Gasteiger partial charge on any atom is 0.164 e. The van der Waals surface area contributed by atoms with Crippen LogP contribution in [-0.2, 0) is 4.74 Å². The highest BCUT2D eigenvalue weighted by atomic mass is 79.9. The second-order valence-corrected chi connectivity index (χ2v) is 9.56. The van der Waals surface area contributed by atoms with Crippen LogP contribution in [0.1, 0.15) is 24.8 Å². The van der Waals surface area contributed by atoms with Crippen molar-refractivity contribution in [3.05, 3.63) is 53.0 Å². The molecule has 4 N–H and O–H groups in total. The number of ether oxygens (including phenoxy) is 2. The first kappa shape index (κ1) is 20.8. The number of halogens is 1. The highest BCUT2D eigenvalue weighted by molar-refractivity contribution is 9.10. The van der Waals surface area contributed by atoms with Gasteiger partial charge < -0.3 is 30.0 Å². The zero-order valence-corrected chi connectivity index (χ0v) is 19.3. The van der Waals surface area contributed by atoms with Crippen LogP contribution < -0.4 is 10.5 Å². The number of nitrogens with zero attached hydrogens (tertiary/aromatic N) is 4. The van der Waals surface area contributed by atoms with Gasteiger partial charge in [0.1, 0.15) is 47.5 Å². The molecule has 1 aliphatic carbocycles. The van der Waals surface area contributed by atoms with Gasteiger partial charge in [-0.1, -0.05) is 0 Å². The molecule has 1 aliphatic heterocycles. The number of nitrogen functional groups attached to an aromatic ring is 1. The normalized spacial score (nSPS) is 29.1. The Labute approximate surface area is 197 Å². The number of benzene rings is 1. The molecular weight excluding hydrogens is 490 g/mol. The summed E-state index contributed by atoms with van der Waals surface area (Å²) in [5, 5.41) is 24.2. The van der Waals surface area contributed by atoms with Gasteiger partial charge in [0.05, 0.1) is 15.7 Å². The van der Waals surface area contributed by atoms with E-state index in [9.17, 15) is 10.2 Å². The fourth-order valence-electron chi connectivity index (χ4n) is 5.01. The van der Waals surface area contributed by atoms with E-state index in [0.717, 1.165) is 20.9 Å². The van der Waals surface area contributed by atoms with Crippen molar-refractivity contribution in [2.45, 2.75) is 49.9 Å². The van der Waals surface area contributed by atoms with Crippen molar-refractivity contribution in [3.63, 3.8) is 0 Å². The number of fused-ring (bicyclic) bond motifs is 3. The third-order valence-electron chi connectivity index (χ3n) is 6.77. The van der Waals surface area contributed by atoms with Crippen LogP contribution in [0.25, 0.3) is 21.9 Å². The number of pyridine rings is 1. The third-order valence-corrected chi connectivity index (χ3v) is 7.40. The molecule has 0 radical (unpaired) electrons. The van der Waals surface area contributed by atoms with Gasteiger partial charge in [0.25, 0.3) is 0 Å². The topological polar surface area (TPSA) is 129 Å². The Bertz CT molecular complexity index is 1390. The zero-order chi connectivity index (χ0) is 22.9. The summed E-state index contributed by atoms with van der Waals surface area (Å²) >= 11 is 3.39. The molecule has 6 rings (SSSR count). The minimum absolute atomic E-state index is 0.360. The van der Waals surface area contributed by atoms with Crippen LogP contribution in [-0.4, -0.2) is 53.6 Å².